The maximum absolute atomic E-state index is 13.0. The summed E-state index contributed by atoms with van der Waals surface area (Å²) >= 11 is 3.37. The molecule has 0 aliphatic rings. The van der Waals surface area contributed by atoms with Gasteiger partial charge in [-0.2, -0.15) is 0 Å². The SMILES string of the molecule is O=S(=O)(NCc1ccc(-c2ccc(F)cc2)cn1)c1cc2cc(Br)ccc2[nH]1. The van der Waals surface area contributed by atoms with Crippen molar-refractivity contribution in [2.45, 2.75) is 11.6 Å². The van der Waals surface area contributed by atoms with Gasteiger partial charge in [0.2, 0.25) is 0 Å². The summed E-state index contributed by atoms with van der Waals surface area (Å²) < 4.78 is 41.6. The maximum atomic E-state index is 13.0. The Bertz CT molecular complexity index is 1240. The number of fused-ring (bicyclic) bond motifs is 1. The molecule has 0 saturated heterocycles. The molecule has 0 fully saturated rings. The van der Waals surface area contributed by atoms with Crippen LogP contribution in [0.3, 0.4) is 0 Å². The molecule has 0 spiro atoms. The summed E-state index contributed by atoms with van der Waals surface area (Å²) in [6.45, 7) is 0.0606. The first-order chi connectivity index (χ1) is 13.4. The highest BCUT2D eigenvalue weighted by Crippen LogP contribution is 2.23. The van der Waals surface area contributed by atoms with Crippen LogP contribution in [0.1, 0.15) is 5.69 Å². The molecule has 0 radical (unpaired) electrons. The van der Waals surface area contributed by atoms with E-state index < -0.39 is 10.0 Å². The Balaban J connectivity index is 1.48. The third kappa shape index (κ3) is 3.99. The predicted octanol–water partition coefficient (Wildman–Crippen LogP) is 4.61. The number of aromatic nitrogens is 2. The monoisotopic (exact) mass is 459 g/mol. The van der Waals surface area contributed by atoms with E-state index in [1.165, 1.54) is 12.1 Å². The molecule has 0 saturated carbocycles. The summed E-state index contributed by atoms with van der Waals surface area (Å²) in [4.78, 5) is 7.20. The van der Waals surface area contributed by atoms with Crippen LogP contribution in [-0.4, -0.2) is 18.4 Å². The lowest BCUT2D eigenvalue weighted by atomic mass is 10.1. The molecule has 2 aromatic carbocycles. The minimum atomic E-state index is -3.70. The van der Waals surface area contributed by atoms with E-state index in [0.717, 1.165) is 26.5 Å². The zero-order valence-electron chi connectivity index (χ0n) is 14.5. The van der Waals surface area contributed by atoms with Crippen LogP contribution in [0.4, 0.5) is 4.39 Å². The molecule has 142 valence electrons. The number of aromatic amines is 1. The number of H-pyrrole nitrogens is 1. The summed E-state index contributed by atoms with van der Waals surface area (Å²) in [6.07, 6.45) is 1.64. The normalized spacial score (nSPS) is 11.8. The lowest BCUT2D eigenvalue weighted by Gasteiger charge is -2.06. The van der Waals surface area contributed by atoms with Crippen LogP contribution in [0.5, 0.6) is 0 Å². The van der Waals surface area contributed by atoms with Gasteiger partial charge in [-0.25, -0.2) is 17.5 Å². The highest BCUT2D eigenvalue weighted by molar-refractivity contribution is 9.10. The molecule has 28 heavy (non-hydrogen) atoms. The molecule has 2 N–H and O–H groups in total. The van der Waals surface area contributed by atoms with Gasteiger partial charge >= 0.3 is 0 Å². The zero-order valence-corrected chi connectivity index (χ0v) is 16.9. The molecule has 2 aromatic heterocycles. The lowest BCUT2D eigenvalue weighted by Crippen LogP contribution is -2.24. The van der Waals surface area contributed by atoms with Gasteiger partial charge in [-0.05, 0) is 48.0 Å². The van der Waals surface area contributed by atoms with Gasteiger partial charge in [0, 0.05) is 27.1 Å². The van der Waals surface area contributed by atoms with Crippen LogP contribution < -0.4 is 4.72 Å². The summed E-state index contributed by atoms with van der Waals surface area (Å²) in [7, 11) is -3.70. The molecule has 0 unspecified atom stereocenters. The second-order valence-electron chi connectivity index (χ2n) is 6.23. The van der Waals surface area contributed by atoms with E-state index in [0.29, 0.717) is 5.69 Å². The Labute approximate surface area is 169 Å². The maximum Gasteiger partial charge on any atom is 0.256 e. The average Bonchev–Trinajstić information content (AvgIpc) is 3.12. The molecule has 2 heterocycles. The fraction of sp³-hybridized carbons (Fsp3) is 0.0500. The van der Waals surface area contributed by atoms with E-state index in [9.17, 15) is 12.8 Å². The molecule has 0 bridgehead atoms. The third-order valence-corrected chi connectivity index (χ3v) is 6.11. The van der Waals surface area contributed by atoms with Crippen molar-refractivity contribution in [2.24, 2.45) is 0 Å². The van der Waals surface area contributed by atoms with Gasteiger partial charge in [0.05, 0.1) is 12.2 Å². The first-order valence-electron chi connectivity index (χ1n) is 8.39. The van der Waals surface area contributed by atoms with Crippen LogP contribution in [0.2, 0.25) is 0 Å². The number of rotatable bonds is 5. The van der Waals surface area contributed by atoms with Crippen molar-refractivity contribution < 1.29 is 12.8 Å². The first-order valence-corrected chi connectivity index (χ1v) is 10.7. The fourth-order valence-corrected chi connectivity index (χ4v) is 4.21. The van der Waals surface area contributed by atoms with Crippen LogP contribution in [0.15, 0.2) is 76.4 Å². The molecule has 5 nitrogen and oxygen atoms in total. The molecule has 0 amide bonds. The van der Waals surface area contributed by atoms with Gasteiger partial charge in [-0.15, -0.1) is 0 Å². The van der Waals surface area contributed by atoms with Crippen molar-refractivity contribution in [3.8, 4) is 11.1 Å². The minimum absolute atomic E-state index is 0.0606. The molecule has 0 atom stereocenters. The van der Waals surface area contributed by atoms with Crippen LogP contribution in [0, 0.1) is 5.82 Å². The molecular weight excluding hydrogens is 445 g/mol. The Morgan fingerprint density at radius 3 is 2.46 bits per heavy atom. The topological polar surface area (TPSA) is 74.8 Å². The standard InChI is InChI=1S/C20H15BrFN3O2S/c21-16-4-8-19-15(9-16)10-20(25-19)28(26,27)24-12-18-7-3-14(11-23-18)13-1-5-17(22)6-2-13/h1-11,24-25H,12H2. The van der Waals surface area contributed by atoms with E-state index in [1.807, 2.05) is 24.3 Å². The number of sulfonamides is 1. The number of nitrogens with one attached hydrogen (secondary N) is 2. The van der Waals surface area contributed by atoms with Gasteiger partial charge in [-0.1, -0.05) is 34.1 Å². The van der Waals surface area contributed by atoms with E-state index >= 15 is 0 Å². The summed E-state index contributed by atoms with van der Waals surface area (Å²) in [6, 6.07) is 16.8. The second-order valence-corrected chi connectivity index (χ2v) is 8.89. The highest BCUT2D eigenvalue weighted by atomic mass is 79.9. The van der Waals surface area contributed by atoms with E-state index in [1.54, 1.807) is 30.5 Å². The number of nitrogens with zero attached hydrogens (tertiary/aromatic N) is 1. The van der Waals surface area contributed by atoms with Crippen molar-refractivity contribution in [3.05, 3.63) is 82.8 Å². The Morgan fingerprint density at radius 1 is 1.00 bits per heavy atom. The summed E-state index contributed by atoms with van der Waals surface area (Å²) in [5, 5.41) is 0.903. The Kier molecular flexibility index (Phi) is 5.01. The number of pyridine rings is 1. The van der Waals surface area contributed by atoms with Crippen LogP contribution >= 0.6 is 15.9 Å². The number of hydrogen-bond acceptors (Lipinski definition) is 3. The van der Waals surface area contributed by atoms with Crippen LogP contribution in [0.25, 0.3) is 22.0 Å². The van der Waals surface area contributed by atoms with Crippen molar-refractivity contribution in [1.29, 1.82) is 0 Å². The molecule has 0 aliphatic carbocycles. The number of benzene rings is 2. The molecule has 4 rings (SSSR count). The molecule has 4 aromatic rings. The van der Waals surface area contributed by atoms with Gasteiger partial charge in [-0.3, -0.25) is 4.98 Å². The minimum Gasteiger partial charge on any atom is -0.345 e. The van der Waals surface area contributed by atoms with Gasteiger partial charge in [0.1, 0.15) is 10.8 Å². The second kappa shape index (κ2) is 7.46. The van der Waals surface area contributed by atoms with E-state index in [4.69, 9.17) is 0 Å². The van der Waals surface area contributed by atoms with Crippen molar-refractivity contribution in [3.63, 3.8) is 0 Å². The third-order valence-electron chi connectivity index (χ3n) is 4.29. The van der Waals surface area contributed by atoms with Gasteiger partial charge in [0.25, 0.3) is 10.0 Å². The quantitative estimate of drug-likeness (QED) is 0.457. The van der Waals surface area contributed by atoms with Crippen LogP contribution in [-0.2, 0) is 16.6 Å². The highest BCUT2D eigenvalue weighted by Gasteiger charge is 2.17. The Hall–Kier alpha value is -2.55. The van der Waals surface area contributed by atoms with Gasteiger partial charge in [0.15, 0.2) is 0 Å². The van der Waals surface area contributed by atoms with E-state index in [-0.39, 0.29) is 17.4 Å². The first kappa shape index (κ1) is 18.8. The summed E-state index contributed by atoms with van der Waals surface area (Å²) in [5.74, 6) is -0.299. The van der Waals surface area contributed by atoms with Crippen molar-refractivity contribution >= 4 is 36.9 Å². The molecule has 0 aliphatic heterocycles. The largest absolute Gasteiger partial charge is 0.345 e. The number of halogens is 2. The zero-order chi connectivity index (χ0) is 19.7. The Morgan fingerprint density at radius 2 is 1.75 bits per heavy atom. The average molecular weight is 460 g/mol. The number of hydrogen-bond donors (Lipinski definition) is 2. The van der Waals surface area contributed by atoms with E-state index in [2.05, 4.69) is 30.6 Å². The fourth-order valence-electron chi connectivity index (χ4n) is 2.81. The van der Waals surface area contributed by atoms with Gasteiger partial charge < -0.3 is 4.98 Å². The predicted molar refractivity (Wildman–Crippen MR) is 110 cm³/mol. The molecular formula is C20H15BrFN3O2S. The molecule has 8 heteroatoms. The lowest BCUT2D eigenvalue weighted by molar-refractivity contribution is 0.577. The van der Waals surface area contributed by atoms with Crippen molar-refractivity contribution in [2.75, 3.05) is 0 Å². The van der Waals surface area contributed by atoms with Crippen molar-refractivity contribution in [1.82, 2.24) is 14.7 Å². The summed E-state index contributed by atoms with van der Waals surface area (Å²) in [5.41, 5.74) is 2.98. The smallest absolute Gasteiger partial charge is 0.256 e.